The van der Waals surface area contributed by atoms with Crippen LogP contribution in [0, 0.1) is 12.7 Å². The SMILES string of the molecule is Cc1nnc(N2CCOC(c3cccc(F)c3)C2)o1. The van der Waals surface area contributed by atoms with Gasteiger partial charge in [0.25, 0.3) is 0 Å². The Morgan fingerprint density at radius 1 is 1.37 bits per heavy atom. The van der Waals surface area contributed by atoms with Crippen LogP contribution in [0.4, 0.5) is 10.4 Å². The van der Waals surface area contributed by atoms with Gasteiger partial charge in [0.05, 0.1) is 13.2 Å². The van der Waals surface area contributed by atoms with E-state index in [9.17, 15) is 4.39 Å². The molecule has 1 aromatic carbocycles. The fraction of sp³-hybridized carbons (Fsp3) is 0.385. The van der Waals surface area contributed by atoms with Gasteiger partial charge in [0, 0.05) is 13.5 Å². The van der Waals surface area contributed by atoms with E-state index in [2.05, 4.69) is 10.2 Å². The third-order valence-corrected chi connectivity index (χ3v) is 3.07. The second-order valence-corrected chi connectivity index (χ2v) is 4.46. The first kappa shape index (κ1) is 12.1. The summed E-state index contributed by atoms with van der Waals surface area (Å²) >= 11 is 0. The van der Waals surface area contributed by atoms with E-state index in [1.54, 1.807) is 13.0 Å². The van der Waals surface area contributed by atoms with Crippen LogP contribution in [0.1, 0.15) is 17.6 Å². The maximum absolute atomic E-state index is 13.2. The van der Waals surface area contributed by atoms with Crippen molar-refractivity contribution in [2.45, 2.75) is 13.0 Å². The van der Waals surface area contributed by atoms with Gasteiger partial charge in [0.15, 0.2) is 0 Å². The molecule has 3 rings (SSSR count). The van der Waals surface area contributed by atoms with Crippen molar-refractivity contribution < 1.29 is 13.5 Å². The van der Waals surface area contributed by atoms with Crippen LogP contribution in [-0.2, 0) is 4.74 Å². The zero-order valence-corrected chi connectivity index (χ0v) is 10.5. The number of benzene rings is 1. The average molecular weight is 263 g/mol. The summed E-state index contributed by atoms with van der Waals surface area (Å²) in [5.41, 5.74) is 0.820. The summed E-state index contributed by atoms with van der Waals surface area (Å²) in [6, 6.07) is 6.95. The van der Waals surface area contributed by atoms with Crippen molar-refractivity contribution in [3.05, 3.63) is 41.5 Å². The zero-order chi connectivity index (χ0) is 13.2. The number of hydrogen-bond donors (Lipinski definition) is 0. The molecule has 0 amide bonds. The minimum Gasteiger partial charge on any atom is -0.408 e. The van der Waals surface area contributed by atoms with Crippen molar-refractivity contribution in [3.8, 4) is 0 Å². The van der Waals surface area contributed by atoms with Gasteiger partial charge in [-0.2, -0.15) is 0 Å². The first-order valence-electron chi connectivity index (χ1n) is 6.14. The topological polar surface area (TPSA) is 51.4 Å². The monoisotopic (exact) mass is 263 g/mol. The van der Waals surface area contributed by atoms with Crippen molar-refractivity contribution in [2.75, 3.05) is 24.6 Å². The maximum Gasteiger partial charge on any atom is 0.318 e. The van der Waals surface area contributed by atoms with Crippen molar-refractivity contribution in [2.24, 2.45) is 0 Å². The van der Waals surface area contributed by atoms with Crippen LogP contribution in [0.3, 0.4) is 0 Å². The van der Waals surface area contributed by atoms with Crippen LogP contribution in [-0.4, -0.2) is 29.9 Å². The fourth-order valence-corrected chi connectivity index (χ4v) is 2.15. The molecule has 19 heavy (non-hydrogen) atoms. The Bertz CT molecular complexity index is 573. The van der Waals surface area contributed by atoms with Gasteiger partial charge in [-0.15, -0.1) is 5.10 Å². The highest BCUT2D eigenvalue weighted by Gasteiger charge is 2.25. The summed E-state index contributed by atoms with van der Waals surface area (Å²) in [5.74, 6) is 0.274. The summed E-state index contributed by atoms with van der Waals surface area (Å²) in [7, 11) is 0. The van der Waals surface area contributed by atoms with Gasteiger partial charge in [-0.05, 0) is 17.7 Å². The number of rotatable bonds is 2. The summed E-state index contributed by atoms with van der Waals surface area (Å²) in [6.45, 7) is 3.56. The van der Waals surface area contributed by atoms with Crippen LogP contribution in [0.15, 0.2) is 28.7 Å². The van der Waals surface area contributed by atoms with E-state index in [4.69, 9.17) is 9.15 Å². The van der Waals surface area contributed by atoms with Gasteiger partial charge in [-0.25, -0.2) is 4.39 Å². The van der Waals surface area contributed by atoms with E-state index in [1.165, 1.54) is 12.1 Å². The standard InChI is InChI=1S/C13H14FN3O2/c1-9-15-16-13(19-9)17-5-6-18-12(8-17)10-3-2-4-11(14)7-10/h2-4,7,12H,5-6,8H2,1H3. The predicted octanol–water partition coefficient (Wildman–Crippen LogP) is 2.10. The number of ether oxygens (including phenoxy) is 1. The molecule has 1 saturated heterocycles. The Kier molecular flexibility index (Phi) is 3.16. The molecule has 1 aliphatic rings. The molecule has 6 heteroatoms. The molecule has 0 aliphatic carbocycles. The molecule has 1 aliphatic heterocycles. The van der Waals surface area contributed by atoms with Gasteiger partial charge in [0.2, 0.25) is 5.89 Å². The Morgan fingerprint density at radius 3 is 3.00 bits per heavy atom. The molecule has 2 heterocycles. The Balaban J connectivity index is 1.78. The largest absolute Gasteiger partial charge is 0.408 e. The third kappa shape index (κ3) is 2.58. The van der Waals surface area contributed by atoms with E-state index >= 15 is 0 Å². The average Bonchev–Trinajstić information content (AvgIpc) is 2.86. The molecule has 0 saturated carbocycles. The van der Waals surface area contributed by atoms with E-state index in [-0.39, 0.29) is 11.9 Å². The maximum atomic E-state index is 13.2. The minimum atomic E-state index is -0.258. The number of hydrogen-bond acceptors (Lipinski definition) is 5. The van der Waals surface area contributed by atoms with Gasteiger partial charge in [0.1, 0.15) is 11.9 Å². The molecule has 1 fully saturated rings. The van der Waals surface area contributed by atoms with E-state index in [1.807, 2.05) is 11.0 Å². The van der Waals surface area contributed by atoms with Crippen LogP contribution >= 0.6 is 0 Å². The van der Waals surface area contributed by atoms with Gasteiger partial charge in [-0.1, -0.05) is 17.2 Å². The first-order chi connectivity index (χ1) is 9.22. The lowest BCUT2D eigenvalue weighted by molar-refractivity contribution is 0.0378. The number of nitrogens with zero attached hydrogens (tertiary/aromatic N) is 3. The molecule has 0 radical (unpaired) electrons. The molecule has 1 unspecified atom stereocenters. The van der Waals surface area contributed by atoms with E-state index < -0.39 is 0 Å². The molecule has 1 aromatic heterocycles. The van der Waals surface area contributed by atoms with Gasteiger partial charge < -0.3 is 14.1 Å². The highest BCUT2D eigenvalue weighted by Crippen LogP contribution is 2.25. The lowest BCUT2D eigenvalue weighted by Crippen LogP contribution is -2.38. The number of morpholine rings is 1. The Hall–Kier alpha value is -1.95. The molecule has 2 aromatic rings. The quantitative estimate of drug-likeness (QED) is 0.830. The molecule has 100 valence electrons. The van der Waals surface area contributed by atoms with Crippen molar-refractivity contribution in [1.82, 2.24) is 10.2 Å². The normalized spacial score (nSPS) is 19.7. The van der Waals surface area contributed by atoms with Crippen LogP contribution in [0.2, 0.25) is 0 Å². The summed E-state index contributed by atoms with van der Waals surface area (Å²) in [4.78, 5) is 1.96. The van der Waals surface area contributed by atoms with Crippen LogP contribution in [0.5, 0.6) is 0 Å². The number of aryl methyl sites for hydroxylation is 1. The molecule has 1 atom stereocenters. The molecular formula is C13H14FN3O2. The minimum absolute atomic E-state index is 0.184. The summed E-state index contributed by atoms with van der Waals surface area (Å²) < 4.78 is 24.3. The summed E-state index contributed by atoms with van der Waals surface area (Å²) in [6.07, 6.45) is -0.184. The molecule has 0 bridgehead atoms. The van der Waals surface area contributed by atoms with Gasteiger partial charge in [-0.3, -0.25) is 0 Å². The highest BCUT2D eigenvalue weighted by atomic mass is 19.1. The number of halogens is 1. The van der Waals surface area contributed by atoms with Crippen molar-refractivity contribution >= 4 is 6.01 Å². The first-order valence-corrected chi connectivity index (χ1v) is 6.14. The summed E-state index contributed by atoms with van der Waals surface area (Å²) in [5, 5.41) is 7.81. The molecule has 0 N–H and O–H groups in total. The third-order valence-electron chi connectivity index (χ3n) is 3.07. The lowest BCUT2D eigenvalue weighted by Gasteiger charge is -2.31. The van der Waals surface area contributed by atoms with Gasteiger partial charge >= 0.3 is 6.01 Å². The molecule has 5 nitrogen and oxygen atoms in total. The van der Waals surface area contributed by atoms with E-state index in [0.29, 0.717) is 31.6 Å². The number of aromatic nitrogens is 2. The second-order valence-electron chi connectivity index (χ2n) is 4.46. The zero-order valence-electron chi connectivity index (χ0n) is 10.5. The lowest BCUT2D eigenvalue weighted by atomic mass is 10.1. The van der Waals surface area contributed by atoms with Crippen LogP contribution < -0.4 is 4.90 Å². The molecule has 0 spiro atoms. The Morgan fingerprint density at radius 2 is 2.26 bits per heavy atom. The Labute approximate surface area is 110 Å². The van der Waals surface area contributed by atoms with Crippen molar-refractivity contribution in [3.63, 3.8) is 0 Å². The van der Waals surface area contributed by atoms with Crippen molar-refractivity contribution in [1.29, 1.82) is 0 Å². The van der Waals surface area contributed by atoms with Crippen LogP contribution in [0.25, 0.3) is 0 Å². The van der Waals surface area contributed by atoms with E-state index in [0.717, 1.165) is 5.56 Å². The smallest absolute Gasteiger partial charge is 0.318 e. The fourth-order valence-electron chi connectivity index (χ4n) is 2.15. The highest BCUT2D eigenvalue weighted by molar-refractivity contribution is 5.28. The molecular weight excluding hydrogens is 249 g/mol. The second kappa shape index (κ2) is 4.97. The predicted molar refractivity (Wildman–Crippen MR) is 66.3 cm³/mol. The number of anilines is 1.